The second-order valence-electron chi connectivity index (χ2n) is 6.66. The van der Waals surface area contributed by atoms with Gasteiger partial charge in [0.1, 0.15) is 6.10 Å². The number of hydrogen-bond donors (Lipinski definition) is 0. The van der Waals surface area contributed by atoms with E-state index in [4.69, 9.17) is 9.16 Å². The van der Waals surface area contributed by atoms with E-state index in [2.05, 4.69) is 20.8 Å². The van der Waals surface area contributed by atoms with E-state index in [1.54, 1.807) is 13.8 Å². The number of hydrogen-bond acceptors (Lipinski definition) is 4. The number of rotatable bonds is 7. The molecule has 0 spiro atoms. The highest BCUT2D eigenvalue weighted by Gasteiger charge is 2.55. The lowest BCUT2D eigenvalue weighted by Crippen LogP contribution is -2.71. The molecular weight excluding hydrogens is 298 g/mol. The fourth-order valence-corrected chi connectivity index (χ4v) is 5.77. The predicted octanol–water partition coefficient (Wildman–Crippen LogP) is 3.79. The van der Waals surface area contributed by atoms with Gasteiger partial charge in [-0.25, -0.2) is 9.69 Å². The van der Waals surface area contributed by atoms with Crippen LogP contribution in [-0.4, -0.2) is 43.5 Å². The number of carbonyl (C=O) groups excluding carboxylic acids is 2. The maximum atomic E-state index is 12.4. The van der Waals surface area contributed by atoms with Crippen LogP contribution in [-0.2, 0) is 14.0 Å². The van der Waals surface area contributed by atoms with Gasteiger partial charge in [-0.2, -0.15) is 0 Å². The molecule has 5 nitrogen and oxygen atoms in total. The molecule has 128 valence electrons. The zero-order valence-corrected chi connectivity index (χ0v) is 16.0. The molecule has 0 aromatic carbocycles. The van der Waals surface area contributed by atoms with Crippen LogP contribution in [0.3, 0.4) is 0 Å². The second kappa shape index (κ2) is 7.59. The molecule has 1 heterocycles. The summed E-state index contributed by atoms with van der Waals surface area (Å²) in [6.07, 6.45) is -1.26. The third-order valence-corrected chi connectivity index (χ3v) is 9.24. The number of ether oxygens (including phenoxy) is 1. The van der Waals surface area contributed by atoms with Crippen LogP contribution in [0.15, 0.2) is 0 Å². The van der Waals surface area contributed by atoms with Gasteiger partial charge in [-0.15, -0.1) is 0 Å². The van der Waals surface area contributed by atoms with Gasteiger partial charge in [0.05, 0.1) is 12.1 Å². The molecule has 0 radical (unpaired) electrons. The lowest BCUT2D eigenvalue weighted by Gasteiger charge is -2.49. The molecule has 0 unspecified atom stereocenters. The third-order valence-electron chi connectivity index (χ3n) is 4.62. The van der Waals surface area contributed by atoms with Gasteiger partial charge < -0.3 is 9.16 Å². The van der Waals surface area contributed by atoms with Gasteiger partial charge in [-0.1, -0.05) is 34.6 Å². The molecule has 1 fully saturated rings. The molecule has 2 amide bonds. The summed E-state index contributed by atoms with van der Waals surface area (Å²) in [6, 6.07) is 2.76. The zero-order valence-electron chi connectivity index (χ0n) is 15.0. The first-order valence-electron chi connectivity index (χ1n) is 8.44. The molecule has 2 atom stereocenters. The van der Waals surface area contributed by atoms with Crippen molar-refractivity contribution in [2.24, 2.45) is 5.92 Å². The van der Waals surface area contributed by atoms with Gasteiger partial charge >= 0.3 is 6.09 Å². The van der Waals surface area contributed by atoms with Crippen molar-refractivity contribution < 1.29 is 18.8 Å². The van der Waals surface area contributed by atoms with E-state index in [1.165, 1.54) is 4.90 Å². The number of carbonyl (C=O) groups is 2. The highest BCUT2D eigenvalue weighted by atomic mass is 28.4. The van der Waals surface area contributed by atoms with Crippen molar-refractivity contribution in [3.8, 4) is 0 Å². The first-order chi connectivity index (χ1) is 10.2. The highest BCUT2D eigenvalue weighted by molar-refractivity contribution is 6.73. The number of likely N-dealkylation sites (tertiary alicyclic amines) is 1. The molecular formula is C16H31NO4Si. The minimum Gasteiger partial charge on any atom is -0.446 e. The highest BCUT2D eigenvalue weighted by Crippen LogP contribution is 2.35. The Morgan fingerprint density at radius 2 is 1.64 bits per heavy atom. The minimum absolute atomic E-state index is 0.152. The summed E-state index contributed by atoms with van der Waals surface area (Å²) in [5.41, 5.74) is 0. The van der Waals surface area contributed by atoms with Gasteiger partial charge in [0.2, 0.25) is 0 Å². The first kappa shape index (κ1) is 19.2. The summed E-state index contributed by atoms with van der Waals surface area (Å²) < 4.78 is 11.5. The molecule has 0 aromatic rings. The fraction of sp³-hybridized carbons (Fsp3) is 0.875. The SMILES string of the molecule is CC[Si](CC)(CC)O[C@@H]1C(=O)N(C(=O)OC(C)C)[C@@H]1C(C)C. The Kier molecular flexibility index (Phi) is 6.61. The molecule has 1 aliphatic rings. The van der Waals surface area contributed by atoms with Crippen molar-refractivity contribution in [1.82, 2.24) is 4.90 Å². The number of amides is 2. The maximum Gasteiger partial charge on any atom is 0.417 e. The Labute approximate surface area is 135 Å². The van der Waals surface area contributed by atoms with Gasteiger partial charge in [-0.05, 0) is 37.9 Å². The maximum absolute atomic E-state index is 12.4. The Morgan fingerprint density at radius 3 is 2.00 bits per heavy atom. The van der Waals surface area contributed by atoms with Crippen LogP contribution in [0.5, 0.6) is 0 Å². The number of β-lactam (4-membered cyclic amide) rings is 1. The Balaban J connectivity index is 2.90. The molecule has 0 saturated carbocycles. The van der Waals surface area contributed by atoms with E-state index < -0.39 is 20.5 Å². The zero-order chi connectivity index (χ0) is 17.1. The van der Waals surface area contributed by atoms with Crippen LogP contribution in [0.2, 0.25) is 18.1 Å². The van der Waals surface area contributed by atoms with E-state index >= 15 is 0 Å². The molecule has 0 bridgehead atoms. The molecule has 0 N–H and O–H groups in total. The van der Waals surface area contributed by atoms with Gasteiger partial charge in [-0.3, -0.25) is 4.79 Å². The van der Waals surface area contributed by atoms with Gasteiger partial charge in [0.15, 0.2) is 8.32 Å². The molecule has 0 aliphatic carbocycles. The van der Waals surface area contributed by atoms with Crippen LogP contribution in [0, 0.1) is 5.92 Å². The van der Waals surface area contributed by atoms with Crippen molar-refractivity contribution in [2.45, 2.75) is 84.8 Å². The molecule has 1 rings (SSSR count). The third kappa shape index (κ3) is 3.71. The Bertz CT molecular complexity index is 399. The summed E-state index contributed by atoms with van der Waals surface area (Å²) in [5.74, 6) is -0.0868. The average molecular weight is 330 g/mol. The standard InChI is InChI=1S/C16H31NO4Si/c1-8-22(9-2,10-3)21-14-13(11(4)5)17(15(14)18)16(19)20-12(6)7/h11-14H,8-10H2,1-7H3/t13-,14+/m1/s1. The van der Waals surface area contributed by atoms with Crippen LogP contribution < -0.4 is 0 Å². The normalized spacial score (nSPS) is 22.2. The van der Waals surface area contributed by atoms with E-state index in [9.17, 15) is 9.59 Å². The van der Waals surface area contributed by atoms with Gasteiger partial charge in [0, 0.05) is 0 Å². The first-order valence-corrected chi connectivity index (χ1v) is 11.0. The number of nitrogens with zero attached hydrogens (tertiary/aromatic N) is 1. The van der Waals surface area contributed by atoms with Crippen molar-refractivity contribution in [3.05, 3.63) is 0 Å². The largest absolute Gasteiger partial charge is 0.446 e. The lowest BCUT2D eigenvalue weighted by molar-refractivity contribution is -0.164. The minimum atomic E-state index is -1.88. The lowest BCUT2D eigenvalue weighted by atomic mass is 9.89. The Hall–Kier alpha value is -0.883. The molecule has 6 heteroatoms. The quantitative estimate of drug-likeness (QED) is 0.527. The fourth-order valence-electron chi connectivity index (χ4n) is 2.99. The van der Waals surface area contributed by atoms with Crippen LogP contribution in [0.25, 0.3) is 0 Å². The van der Waals surface area contributed by atoms with E-state index in [0.29, 0.717) is 0 Å². The van der Waals surface area contributed by atoms with Crippen LogP contribution >= 0.6 is 0 Å². The summed E-state index contributed by atoms with van der Waals surface area (Å²) in [6.45, 7) is 14.0. The smallest absolute Gasteiger partial charge is 0.417 e. The Morgan fingerprint density at radius 1 is 1.14 bits per heavy atom. The van der Waals surface area contributed by atoms with Gasteiger partial charge in [0.25, 0.3) is 5.91 Å². The van der Waals surface area contributed by atoms with Crippen molar-refractivity contribution in [2.75, 3.05) is 0 Å². The summed E-state index contributed by atoms with van der Waals surface area (Å²) in [4.78, 5) is 25.8. The second-order valence-corrected chi connectivity index (χ2v) is 11.4. The summed E-state index contributed by atoms with van der Waals surface area (Å²) in [5, 5.41) is 0. The van der Waals surface area contributed by atoms with Crippen LogP contribution in [0.1, 0.15) is 48.5 Å². The number of imide groups is 1. The van der Waals surface area contributed by atoms with E-state index in [-0.39, 0.29) is 24.0 Å². The van der Waals surface area contributed by atoms with Crippen molar-refractivity contribution >= 4 is 20.3 Å². The average Bonchev–Trinajstić information content (AvgIpc) is 2.45. The monoisotopic (exact) mass is 329 g/mol. The topological polar surface area (TPSA) is 55.8 Å². The molecule has 22 heavy (non-hydrogen) atoms. The molecule has 1 aliphatic heterocycles. The molecule has 0 aromatic heterocycles. The predicted molar refractivity (Wildman–Crippen MR) is 89.2 cm³/mol. The van der Waals surface area contributed by atoms with E-state index in [0.717, 1.165) is 18.1 Å². The summed E-state index contributed by atoms with van der Waals surface area (Å²) in [7, 11) is -1.88. The van der Waals surface area contributed by atoms with Crippen molar-refractivity contribution in [1.29, 1.82) is 0 Å². The molecule has 1 saturated heterocycles. The van der Waals surface area contributed by atoms with Crippen LogP contribution in [0.4, 0.5) is 4.79 Å². The van der Waals surface area contributed by atoms with Crippen molar-refractivity contribution in [3.63, 3.8) is 0 Å². The summed E-state index contributed by atoms with van der Waals surface area (Å²) >= 11 is 0. The van der Waals surface area contributed by atoms with E-state index in [1.807, 2.05) is 13.8 Å².